The number of hydrogen-bond acceptors (Lipinski definition) is 6. The first-order valence-corrected chi connectivity index (χ1v) is 7.29. The molecule has 3 rings (SSSR count). The Kier molecular flexibility index (Phi) is 3.62. The van der Waals surface area contributed by atoms with E-state index >= 15 is 0 Å². The first-order chi connectivity index (χ1) is 8.88. The quantitative estimate of drug-likeness (QED) is 0.877. The minimum atomic E-state index is 0.418. The third kappa shape index (κ3) is 2.30. The maximum Gasteiger partial charge on any atom is 0.212 e. The van der Waals surface area contributed by atoms with Gasteiger partial charge in [-0.2, -0.15) is 9.78 Å². The van der Waals surface area contributed by atoms with E-state index in [0.29, 0.717) is 12.5 Å². The molecule has 0 aromatic carbocycles. The van der Waals surface area contributed by atoms with Gasteiger partial charge >= 0.3 is 0 Å². The van der Waals surface area contributed by atoms with E-state index in [1.807, 2.05) is 4.68 Å². The van der Waals surface area contributed by atoms with Crippen LogP contribution in [-0.2, 0) is 4.74 Å². The lowest BCUT2D eigenvalue weighted by molar-refractivity contribution is 0.0828. The van der Waals surface area contributed by atoms with Crippen molar-refractivity contribution in [2.75, 3.05) is 25.5 Å². The summed E-state index contributed by atoms with van der Waals surface area (Å²) in [5.74, 6) is 2.28. The van der Waals surface area contributed by atoms with Crippen molar-refractivity contribution in [3.8, 4) is 0 Å². The molecule has 0 bridgehead atoms. The third-order valence-corrected chi connectivity index (χ3v) is 4.26. The Bertz CT molecular complexity index is 452. The van der Waals surface area contributed by atoms with Crippen molar-refractivity contribution >= 4 is 17.5 Å². The lowest BCUT2D eigenvalue weighted by Gasteiger charge is -2.22. The summed E-state index contributed by atoms with van der Waals surface area (Å²) in [5, 5.41) is 14.1. The fourth-order valence-corrected chi connectivity index (χ4v) is 3.13. The molecule has 18 heavy (non-hydrogen) atoms. The summed E-state index contributed by atoms with van der Waals surface area (Å²) in [6.45, 7) is 2.25. The van der Waals surface area contributed by atoms with Gasteiger partial charge in [-0.25, -0.2) is 0 Å². The summed E-state index contributed by atoms with van der Waals surface area (Å²) in [4.78, 5) is 0. The summed E-state index contributed by atoms with van der Waals surface area (Å²) >= 11 is 1.69. The van der Waals surface area contributed by atoms with E-state index in [2.05, 4.69) is 15.3 Å². The number of nitrogens with two attached hydrogens (primary N) is 1. The smallest absolute Gasteiger partial charge is 0.212 e. The lowest BCUT2D eigenvalue weighted by atomic mass is 10.00. The highest BCUT2D eigenvalue weighted by atomic mass is 32.2. The molecule has 0 saturated carbocycles. The van der Waals surface area contributed by atoms with Crippen molar-refractivity contribution < 1.29 is 4.74 Å². The van der Waals surface area contributed by atoms with Gasteiger partial charge in [-0.3, -0.25) is 0 Å². The standard InChI is InChI=1S/C11H17N5OS/c12-4-1-9-7-18-11-14-13-10(16(11)15-9)8-2-5-17-6-3-8/h8H,1-7,12H2. The number of thioether (sulfide) groups is 1. The van der Waals surface area contributed by atoms with Crippen molar-refractivity contribution in [2.45, 2.75) is 30.3 Å². The minimum absolute atomic E-state index is 0.418. The zero-order valence-corrected chi connectivity index (χ0v) is 11.0. The van der Waals surface area contributed by atoms with Crippen LogP contribution in [0.1, 0.15) is 31.0 Å². The highest BCUT2D eigenvalue weighted by molar-refractivity contribution is 7.99. The summed E-state index contributed by atoms with van der Waals surface area (Å²) < 4.78 is 7.30. The van der Waals surface area contributed by atoms with E-state index in [0.717, 1.165) is 54.9 Å². The van der Waals surface area contributed by atoms with Crippen LogP contribution in [0, 0.1) is 0 Å². The van der Waals surface area contributed by atoms with Crippen LogP contribution in [-0.4, -0.2) is 46.1 Å². The molecule has 0 spiro atoms. The molecule has 1 aromatic rings. The summed E-state index contributed by atoms with van der Waals surface area (Å²) in [6.07, 6.45) is 2.85. The van der Waals surface area contributed by atoms with E-state index in [-0.39, 0.29) is 0 Å². The zero-order chi connectivity index (χ0) is 12.4. The third-order valence-electron chi connectivity index (χ3n) is 3.26. The number of fused-ring (bicyclic) bond motifs is 1. The number of aromatic nitrogens is 3. The van der Waals surface area contributed by atoms with E-state index in [4.69, 9.17) is 10.5 Å². The molecule has 1 fully saturated rings. The largest absolute Gasteiger partial charge is 0.381 e. The van der Waals surface area contributed by atoms with Crippen molar-refractivity contribution in [1.82, 2.24) is 14.9 Å². The summed E-state index contributed by atoms with van der Waals surface area (Å²) in [6, 6.07) is 0. The second-order valence-electron chi connectivity index (χ2n) is 4.53. The fraction of sp³-hybridized carbons (Fsp3) is 0.727. The molecule has 1 aromatic heterocycles. The topological polar surface area (TPSA) is 78.3 Å². The SMILES string of the molecule is NCCC1=Nn2c(nnc2C2CCOCC2)SC1. The number of hydrogen-bond donors (Lipinski definition) is 1. The van der Waals surface area contributed by atoms with E-state index in [1.54, 1.807) is 11.8 Å². The van der Waals surface area contributed by atoms with E-state index in [9.17, 15) is 0 Å². The van der Waals surface area contributed by atoms with Crippen molar-refractivity contribution in [3.63, 3.8) is 0 Å². The zero-order valence-electron chi connectivity index (χ0n) is 10.2. The van der Waals surface area contributed by atoms with Crippen LogP contribution < -0.4 is 5.73 Å². The summed E-state index contributed by atoms with van der Waals surface area (Å²) in [5.41, 5.74) is 6.72. The Balaban J connectivity index is 1.87. The first-order valence-electron chi connectivity index (χ1n) is 6.31. The molecule has 2 aliphatic rings. The second kappa shape index (κ2) is 5.38. The predicted molar refractivity (Wildman–Crippen MR) is 70.0 cm³/mol. The van der Waals surface area contributed by atoms with Gasteiger partial charge in [-0.1, -0.05) is 11.8 Å². The fourth-order valence-electron chi connectivity index (χ4n) is 2.28. The molecular formula is C11H17N5OS. The van der Waals surface area contributed by atoms with Crippen LogP contribution in [0.25, 0.3) is 0 Å². The molecule has 3 heterocycles. The van der Waals surface area contributed by atoms with Gasteiger partial charge in [-0.15, -0.1) is 10.2 Å². The minimum Gasteiger partial charge on any atom is -0.381 e. The van der Waals surface area contributed by atoms with Crippen molar-refractivity contribution in [3.05, 3.63) is 5.82 Å². The van der Waals surface area contributed by atoms with Gasteiger partial charge < -0.3 is 10.5 Å². The van der Waals surface area contributed by atoms with Crippen molar-refractivity contribution in [1.29, 1.82) is 0 Å². The van der Waals surface area contributed by atoms with E-state index < -0.39 is 0 Å². The lowest BCUT2D eigenvalue weighted by Crippen LogP contribution is -2.20. The van der Waals surface area contributed by atoms with Gasteiger partial charge in [0.2, 0.25) is 5.16 Å². The number of nitrogens with zero attached hydrogens (tertiary/aromatic N) is 4. The maximum atomic E-state index is 5.59. The van der Waals surface area contributed by atoms with Crippen molar-refractivity contribution in [2.24, 2.45) is 10.8 Å². The van der Waals surface area contributed by atoms with Crippen LogP contribution in [0.15, 0.2) is 10.3 Å². The van der Waals surface area contributed by atoms with E-state index in [1.165, 1.54) is 0 Å². The van der Waals surface area contributed by atoms with Crippen LogP contribution in [0.3, 0.4) is 0 Å². The highest BCUT2D eigenvalue weighted by Crippen LogP contribution is 2.30. The Labute approximate surface area is 110 Å². The molecule has 2 N–H and O–H groups in total. The Morgan fingerprint density at radius 3 is 2.94 bits per heavy atom. The number of ether oxygens (including phenoxy) is 1. The first kappa shape index (κ1) is 12.1. The highest BCUT2D eigenvalue weighted by Gasteiger charge is 2.26. The molecule has 0 aliphatic carbocycles. The molecule has 0 unspecified atom stereocenters. The van der Waals surface area contributed by atoms with Gasteiger partial charge in [0, 0.05) is 31.3 Å². The average molecular weight is 267 g/mol. The number of rotatable bonds is 3. The normalized spacial score (nSPS) is 20.6. The monoisotopic (exact) mass is 267 g/mol. The maximum absolute atomic E-state index is 5.59. The van der Waals surface area contributed by atoms with Gasteiger partial charge in [0.25, 0.3) is 0 Å². The molecular weight excluding hydrogens is 250 g/mol. The Morgan fingerprint density at radius 1 is 1.33 bits per heavy atom. The molecule has 2 aliphatic heterocycles. The molecule has 0 atom stereocenters. The molecule has 1 saturated heterocycles. The molecule has 0 radical (unpaired) electrons. The molecule has 98 valence electrons. The second-order valence-corrected chi connectivity index (χ2v) is 5.48. The molecule has 7 heteroatoms. The van der Waals surface area contributed by atoms with Crippen LogP contribution >= 0.6 is 11.8 Å². The van der Waals surface area contributed by atoms with Crippen LogP contribution in [0.4, 0.5) is 0 Å². The van der Waals surface area contributed by atoms with Gasteiger partial charge in [0.15, 0.2) is 5.82 Å². The Morgan fingerprint density at radius 2 is 2.17 bits per heavy atom. The van der Waals surface area contributed by atoms with Crippen LogP contribution in [0.5, 0.6) is 0 Å². The van der Waals surface area contributed by atoms with Gasteiger partial charge in [0.05, 0.1) is 5.71 Å². The molecule has 6 nitrogen and oxygen atoms in total. The Hall–Kier alpha value is -0.920. The van der Waals surface area contributed by atoms with Gasteiger partial charge in [0.1, 0.15) is 0 Å². The average Bonchev–Trinajstić information content (AvgIpc) is 2.83. The molecule has 0 amide bonds. The predicted octanol–water partition coefficient (Wildman–Crippen LogP) is 0.831. The summed E-state index contributed by atoms with van der Waals surface area (Å²) in [7, 11) is 0. The van der Waals surface area contributed by atoms with Crippen LogP contribution in [0.2, 0.25) is 0 Å². The van der Waals surface area contributed by atoms with Gasteiger partial charge in [-0.05, 0) is 19.4 Å².